The van der Waals surface area contributed by atoms with Crippen molar-refractivity contribution in [3.63, 3.8) is 0 Å². The summed E-state index contributed by atoms with van der Waals surface area (Å²) in [6.07, 6.45) is 3.65. The van der Waals surface area contributed by atoms with Crippen LogP contribution in [0.25, 0.3) is 0 Å². The summed E-state index contributed by atoms with van der Waals surface area (Å²) in [5, 5.41) is 3.47. The van der Waals surface area contributed by atoms with Gasteiger partial charge >= 0.3 is 0 Å². The molecule has 0 saturated carbocycles. The fourth-order valence-electron chi connectivity index (χ4n) is 1.79. The van der Waals surface area contributed by atoms with E-state index in [1.807, 2.05) is 0 Å². The van der Waals surface area contributed by atoms with E-state index < -0.39 is 0 Å². The fourth-order valence-corrected chi connectivity index (χ4v) is 1.79. The van der Waals surface area contributed by atoms with Crippen LogP contribution in [0.4, 0.5) is 5.69 Å². The molecule has 1 aromatic carbocycles. The lowest BCUT2D eigenvalue weighted by atomic mass is 10.1. The van der Waals surface area contributed by atoms with Gasteiger partial charge in [-0.15, -0.1) is 0 Å². The van der Waals surface area contributed by atoms with Crippen molar-refractivity contribution in [3.05, 3.63) is 29.8 Å². The highest BCUT2D eigenvalue weighted by Crippen LogP contribution is 2.13. The summed E-state index contributed by atoms with van der Waals surface area (Å²) in [7, 11) is 2.16. The smallest absolute Gasteiger partial charge is 0.0364 e. The second-order valence-electron chi connectivity index (χ2n) is 4.55. The molecule has 17 heavy (non-hydrogen) atoms. The lowest BCUT2D eigenvalue weighted by Gasteiger charge is -2.19. The molecule has 1 aromatic rings. The third kappa shape index (κ3) is 5.22. The second-order valence-corrected chi connectivity index (χ2v) is 4.55. The number of hydrogen-bond donors (Lipinski definition) is 1. The Hall–Kier alpha value is -1.02. The molecule has 0 spiro atoms. The fraction of sp³-hybridized carbons (Fsp3) is 0.600. The Morgan fingerprint density at radius 2 is 1.76 bits per heavy atom. The SMILES string of the molecule is CCCCNCCN(C)c1ccc(CC)cc1. The minimum atomic E-state index is 1.06. The van der Waals surface area contributed by atoms with Crippen LogP contribution < -0.4 is 10.2 Å². The third-order valence-corrected chi connectivity index (χ3v) is 3.12. The monoisotopic (exact) mass is 234 g/mol. The first-order valence-electron chi connectivity index (χ1n) is 6.78. The van der Waals surface area contributed by atoms with E-state index in [4.69, 9.17) is 0 Å². The average Bonchev–Trinajstić information content (AvgIpc) is 2.38. The molecule has 0 saturated heterocycles. The van der Waals surface area contributed by atoms with Gasteiger partial charge in [-0.2, -0.15) is 0 Å². The maximum absolute atomic E-state index is 3.47. The summed E-state index contributed by atoms with van der Waals surface area (Å²) in [6, 6.07) is 8.86. The number of hydrogen-bond acceptors (Lipinski definition) is 2. The zero-order valence-electron chi connectivity index (χ0n) is 11.5. The Bertz CT molecular complexity index is 292. The number of nitrogens with zero attached hydrogens (tertiary/aromatic N) is 1. The van der Waals surface area contributed by atoms with Gasteiger partial charge < -0.3 is 10.2 Å². The average molecular weight is 234 g/mol. The van der Waals surface area contributed by atoms with E-state index in [1.165, 1.54) is 24.1 Å². The van der Waals surface area contributed by atoms with Crippen LogP contribution in [0.15, 0.2) is 24.3 Å². The van der Waals surface area contributed by atoms with Crippen molar-refractivity contribution in [1.29, 1.82) is 0 Å². The third-order valence-electron chi connectivity index (χ3n) is 3.12. The van der Waals surface area contributed by atoms with Crippen LogP contribution in [-0.4, -0.2) is 26.7 Å². The molecule has 0 bridgehead atoms. The molecule has 0 aliphatic carbocycles. The van der Waals surface area contributed by atoms with Gasteiger partial charge in [0.15, 0.2) is 0 Å². The number of rotatable bonds is 8. The Kier molecular flexibility index (Phi) is 6.71. The van der Waals surface area contributed by atoms with Gasteiger partial charge in [0.1, 0.15) is 0 Å². The molecule has 0 unspecified atom stereocenters. The summed E-state index contributed by atoms with van der Waals surface area (Å²) < 4.78 is 0. The Labute approximate surface area is 106 Å². The molecule has 0 radical (unpaired) electrons. The summed E-state index contributed by atoms with van der Waals surface area (Å²) in [4.78, 5) is 2.30. The predicted molar refractivity (Wildman–Crippen MR) is 76.9 cm³/mol. The minimum Gasteiger partial charge on any atom is -0.373 e. The summed E-state index contributed by atoms with van der Waals surface area (Å²) in [5.41, 5.74) is 2.71. The molecule has 96 valence electrons. The first-order valence-corrected chi connectivity index (χ1v) is 6.78. The van der Waals surface area contributed by atoms with Crippen LogP contribution in [0.2, 0.25) is 0 Å². The lowest BCUT2D eigenvalue weighted by molar-refractivity contribution is 0.637. The maximum Gasteiger partial charge on any atom is 0.0364 e. The highest BCUT2D eigenvalue weighted by atomic mass is 15.1. The standard InChI is InChI=1S/C15H26N2/c1-4-6-11-16-12-13-17(3)15-9-7-14(5-2)8-10-15/h7-10,16H,4-6,11-13H2,1-3H3. The van der Waals surface area contributed by atoms with Gasteiger partial charge in [0.05, 0.1) is 0 Å². The minimum absolute atomic E-state index is 1.06. The molecule has 0 heterocycles. The number of anilines is 1. The normalized spacial score (nSPS) is 10.5. The van der Waals surface area contributed by atoms with Gasteiger partial charge in [0.2, 0.25) is 0 Å². The molecule has 1 rings (SSSR count). The Morgan fingerprint density at radius 1 is 1.06 bits per heavy atom. The summed E-state index contributed by atoms with van der Waals surface area (Å²) >= 11 is 0. The molecule has 1 N–H and O–H groups in total. The number of aryl methyl sites for hydroxylation is 1. The van der Waals surface area contributed by atoms with Crippen LogP contribution in [0.5, 0.6) is 0 Å². The van der Waals surface area contributed by atoms with Crippen LogP contribution >= 0.6 is 0 Å². The molecule has 2 heteroatoms. The molecule has 0 aromatic heterocycles. The number of nitrogens with one attached hydrogen (secondary N) is 1. The van der Waals surface area contributed by atoms with Gasteiger partial charge in [0, 0.05) is 25.8 Å². The van der Waals surface area contributed by atoms with Gasteiger partial charge in [-0.3, -0.25) is 0 Å². The zero-order valence-corrected chi connectivity index (χ0v) is 11.5. The van der Waals surface area contributed by atoms with E-state index in [0.717, 1.165) is 26.1 Å². The van der Waals surface area contributed by atoms with E-state index in [1.54, 1.807) is 0 Å². The van der Waals surface area contributed by atoms with Gasteiger partial charge in [-0.1, -0.05) is 32.4 Å². The van der Waals surface area contributed by atoms with E-state index >= 15 is 0 Å². The van der Waals surface area contributed by atoms with E-state index in [0.29, 0.717) is 0 Å². The van der Waals surface area contributed by atoms with Crippen molar-refractivity contribution >= 4 is 5.69 Å². The van der Waals surface area contributed by atoms with Crippen LogP contribution in [-0.2, 0) is 6.42 Å². The molecule has 0 aliphatic rings. The van der Waals surface area contributed by atoms with Crippen LogP contribution in [0, 0.1) is 0 Å². The van der Waals surface area contributed by atoms with Gasteiger partial charge in [0.25, 0.3) is 0 Å². The molecule has 0 atom stereocenters. The zero-order chi connectivity index (χ0) is 12.5. The predicted octanol–water partition coefficient (Wildman–Crippen LogP) is 3.07. The van der Waals surface area contributed by atoms with Crippen molar-refractivity contribution in [1.82, 2.24) is 5.32 Å². The molecular weight excluding hydrogens is 208 g/mol. The first-order chi connectivity index (χ1) is 8.27. The Balaban J connectivity index is 2.28. The van der Waals surface area contributed by atoms with Crippen molar-refractivity contribution in [3.8, 4) is 0 Å². The second kappa shape index (κ2) is 8.13. The maximum atomic E-state index is 3.47. The van der Waals surface area contributed by atoms with Crippen LogP contribution in [0.1, 0.15) is 32.3 Å². The van der Waals surface area contributed by atoms with Crippen molar-refractivity contribution < 1.29 is 0 Å². The summed E-state index contributed by atoms with van der Waals surface area (Å²) in [6.45, 7) is 7.68. The molecular formula is C15H26N2. The van der Waals surface area contributed by atoms with E-state index in [-0.39, 0.29) is 0 Å². The first kappa shape index (κ1) is 14.0. The summed E-state index contributed by atoms with van der Waals surface area (Å²) in [5.74, 6) is 0. The number of likely N-dealkylation sites (N-methyl/N-ethyl adjacent to an activating group) is 1. The van der Waals surface area contributed by atoms with Crippen LogP contribution in [0.3, 0.4) is 0 Å². The quantitative estimate of drug-likeness (QED) is 0.695. The van der Waals surface area contributed by atoms with Crippen molar-refractivity contribution in [2.75, 3.05) is 31.6 Å². The van der Waals surface area contributed by atoms with Crippen molar-refractivity contribution in [2.45, 2.75) is 33.1 Å². The van der Waals surface area contributed by atoms with E-state index in [2.05, 4.69) is 55.4 Å². The van der Waals surface area contributed by atoms with Gasteiger partial charge in [-0.05, 0) is 37.1 Å². The van der Waals surface area contributed by atoms with Gasteiger partial charge in [-0.25, -0.2) is 0 Å². The highest BCUT2D eigenvalue weighted by molar-refractivity contribution is 5.46. The molecule has 0 fully saturated rings. The highest BCUT2D eigenvalue weighted by Gasteiger charge is 1.99. The number of benzene rings is 1. The lowest BCUT2D eigenvalue weighted by Crippen LogP contribution is -2.29. The van der Waals surface area contributed by atoms with E-state index in [9.17, 15) is 0 Å². The Morgan fingerprint density at radius 3 is 2.35 bits per heavy atom. The largest absolute Gasteiger partial charge is 0.373 e. The molecule has 0 amide bonds. The molecule has 0 aliphatic heterocycles. The van der Waals surface area contributed by atoms with Crippen molar-refractivity contribution in [2.24, 2.45) is 0 Å². The molecule has 2 nitrogen and oxygen atoms in total. The topological polar surface area (TPSA) is 15.3 Å². The number of unbranched alkanes of at least 4 members (excludes halogenated alkanes) is 1.